The zero-order valence-corrected chi connectivity index (χ0v) is 15.2. The molecule has 0 amide bonds. The summed E-state index contributed by atoms with van der Waals surface area (Å²) in [7, 11) is 1.64. The summed E-state index contributed by atoms with van der Waals surface area (Å²) in [6.45, 7) is 1.87. The van der Waals surface area contributed by atoms with Gasteiger partial charge in [0.25, 0.3) is 0 Å². The van der Waals surface area contributed by atoms with E-state index in [1.54, 1.807) is 7.11 Å². The fourth-order valence-electron chi connectivity index (χ4n) is 3.86. The van der Waals surface area contributed by atoms with Crippen molar-refractivity contribution < 1.29 is 13.5 Å². The van der Waals surface area contributed by atoms with Crippen LogP contribution >= 0.6 is 0 Å². The standard InChI is InChI=1S/C22H22F2N2O/c1-27-17-10-8-16(9-11-17)22-21-7-3-12-25(21)13-4-14-26(22)15-18-19(23)5-2-6-20(18)24/h2-3,5-12,22H,4,13-15H2,1H3/t22-/m1/s1. The van der Waals surface area contributed by atoms with Crippen molar-refractivity contribution in [2.24, 2.45) is 0 Å². The van der Waals surface area contributed by atoms with Crippen LogP contribution in [-0.4, -0.2) is 23.1 Å². The van der Waals surface area contributed by atoms with Crippen LogP contribution in [0.25, 0.3) is 0 Å². The minimum Gasteiger partial charge on any atom is -0.497 e. The fraction of sp³-hybridized carbons (Fsp3) is 0.273. The number of benzene rings is 2. The smallest absolute Gasteiger partial charge is 0.130 e. The van der Waals surface area contributed by atoms with Gasteiger partial charge in [-0.05, 0) is 48.4 Å². The van der Waals surface area contributed by atoms with Crippen LogP contribution in [0.5, 0.6) is 5.75 Å². The van der Waals surface area contributed by atoms with Gasteiger partial charge in [-0.1, -0.05) is 18.2 Å². The van der Waals surface area contributed by atoms with E-state index in [9.17, 15) is 8.78 Å². The summed E-state index contributed by atoms with van der Waals surface area (Å²) in [4.78, 5) is 2.15. The molecular weight excluding hydrogens is 346 g/mol. The first-order valence-electron chi connectivity index (χ1n) is 9.13. The van der Waals surface area contributed by atoms with Crippen LogP contribution in [0.3, 0.4) is 0 Å². The molecular formula is C22H22F2N2O. The number of ether oxygens (including phenoxy) is 1. The molecule has 0 N–H and O–H groups in total. The maximum absolute atomic E-state index is 14.3. The highest BCUT2D eigenvalue weighted by Crippen LogP contribution is 2.34. The molecule has 0 saturated carbocycles. The van der Waals surface area contributed by atoms with Gasteiger partial charge in [0, 0.05) is 37.1 Å². The number of halogens is 2. The molecule has 27 heavy (non-hydrogen) atoms. The van der Waals surface area contributed by atoms with E-state index < -0.39 is 11.6 Å². The quantitative estimate of drug-likeness (QED) is 0.660. The lowest BCUT2D eigenvalue weighted by atomic mass is 10.0. The highest BCUT2D eigenvalue weighted by molar-refractivity contribution is 5.35. The second kappa shape index (κ2) is 7.53. The zero-order valence-electron chi connectivity index (χ0n) is 15.2. The van der Waals surface area contributed by atoms with E-state index in [0.29, 0.717) is 0 Å². The third kappa shape index (κ3) is 3.47. The second-order valence-corrected chi connectivity index (χ2v) is 6.83. The van der Waals surface area contributed by atoms with E-state index in [0.717, 1.165) is 36.5 Å². The predicted molar refractivity (Wildman–Crippen MR) is 101 cm³/mol. The summed E-state index contributed by atoms with van der Waals surface area (Å²) in [5, 5.41) is 0. The summed E-state index contributed by atoms with van der Waals surface area (Å²) in [5.41, 5.74) is 2.33. The van der Waals surface area contributed by atoms with Gasteiger partial charge in [-0.15, -0.1) is 0 Å². The van der Waals surface area contributed by atoms with Crippen LogP contribution in [0.2, 0.25) is 0 Å². The number of hydrogen-bond donors (Lipinski definition) is 0. The molecule has 2 aromatic carbocycles. The van der Waals surface area contributed by atoms with Gasteiger partial charge >= 0.3 is 0 Å². The molecule has 2 heterocycles. The Balaban J connectivity index is 1.76. The molecule has 0 unspecified atom stereocenters. The molecule has 1 atom stereocenters. The normalized spacial score (nSPS) is 17.4. The first-order valence-corrected chi connectivity index (χ1v) is 9.13. The van der Waals surface area contributed by atoms with E-state index >= 15 is 0 Å². The maximum atomic E-state index is 14.3. The van der Waals surface area contributed by atoms with Gasteiger partial charge in [0.1, 0.15) is 17.4 Å². The van der Waals surface area contributed by atoms with Crippen molar-refractivity contribution in [2.45, 2.75) is 25.6 Å². The summed E-state index contributed by atoms with van der Waals surface area (Å²) in [5.74, 6) is -0.208. The Morgan fingerprint density at radius 2 is 1.70 bits per heavy atom. The molecule has 0 aliphatic carbocycles. The Hall–Kier alpha value is -2.66. The SMILES string of the molecule is COc1ccc([C@@H]2c3cccn3CCCN2Cc2c(F)cccc2F)cc1. The van der Waals surface area contributed by atoms with Gasteiger partial charge in [0.05, 0.1) is 13.2 Å². The van der Waals surface area contributed by atoms with Crippen molar-refractivity contribution >= 4 is 0 Å². The number of hydrogen-bond acceptors (Lipinski definition) is 2. The highest BCUT2D eigenvalue weighted by Gasteiger charge is 2.28. The average molecular weight is 368 g/mol. The predicted octanol–water partition coefficient (Wildman–Crippen LogP) is 4.77. The maximum Gasteiger partial charge on any atom is 0.130 e. The lowest BCUT2D eigenvalue weighted by Crippen LogP contribution is -2.30. The van der Waals surface area contributed by atoms with E-state index in [2.05, 4.69) is 21.7 Å². The third-order valence-corrected chi connectivity index (χ3v) is 5.21. The van der Waals surface area contributed by atoms with E-state index in [1.807, 2.05) is 30.3 Å². The molecule has 5 heteroatoms. The van der Waals surface area contributed by atoms with Gasteiger partial charge in [-0.2, -0.15) is 0 Å². The van der Waals surface area contributed by atoms with Crippen LogP contribution < -0.4 is 4.74 Å². The van der Waals surface area contributed by atoms with Gasteiger partial charge in [-0.3, -0.25) is 4.90 Å². The van der Waals surface area contributed by atoms with Crippen molar-refractivity contribution in [1.29, 1.82) is 0 Å². The zero-order chi connectivity index (χ0) is 18.8. The third-order valence-electron chi connectivity index (χ3n) is 5.21. The Labute approximate surface area is 157 Å². The van der Waals surface area contributed by atoms with E-state index in [1.165, 1.54) is 18.2 Å². The molecule has 0 saturated heterocycles. The number of aryl methyl sites for hydroxylation is 1. The topological polar surface area (TPSA) is 17.4 Å². The second-order valence-electron chi connectivity index (χ2n) is 6.83. The van der Waals surface area contributed by atoms with Crippen LogP contribution in [0.15, 0.2) is 60.8 Å². The Kier molecular flexibility index (Phi) is 4.94. The molecule has 0 fully saturated rings. The molecule has 1 aliphatic heterocycles. The van der Waals surface area contributed by atoms with E-state index in [-0.39, 0.29) is 18.2 Å². The lowest BCUT2D eigenvalue weighted by molar-refractivity contribution is 0.214. The Morgan fingerprint density at radius 1 is 0.963 bits per heavy atom. The molecule has 0 spiro atoms. The number of aromatic nitrogens is 1. The monoisotopic (exact) mass is 368 g/mol. The van der Waals surface area contributed by atoms with Gasteiger partial charge in [-0.25, -0.2) is 8.78 Å². The van der Waals surface area contributed by atoms with Crippen molar-refractivity contribution in [3.63, 3.8) is 0 Å². The molecule has 3 aromatic rings. The molecule has 3 nitrogen and oxygen atoms in total. The van der Waals surface area contributed by atoms with Gasteiger partial charge in [0.2, 0.25) is 0 Å². The Bertz CT molecular complexity index is 900. The first kappa shape index (κ1) is 17.7. The van der Waals surface area contributed by atoms with Crippen molar-refractivity contribution in [2.75, 3.05) is 13.7 Å². The molecule has 4 rings (SSSR count). The minimum absolute atomic E-state index is 0.0765. The number of rotatable bonds is 4. The molecule has 0 bridgehead atoms. The van der Waals surface area contributed by atoms with Gasteiger partial charge < -0.3 is 9.30 Å². The molecule has 0 radical (unpaired) electrons. The summed E-state index contributed by atoms with van der Waals surface area (Å²) in [6.07, 6.45) is 2.99. The summed E-state index contributed by atoms with van der Waals surface area (Å²) >= 11 is 0. The number of methoxy groups -OCH3 is 1. The largest absolute Gasteiger partial charge is 0.497 e. The van der Waals surface area contributed by atoms with Crippen molar-refractivity contribution in [1.82, 2.24) is 9.47 Å². The number of nitrogens with zero attached hydrogens (tertiary/aromatic N) is 2. The highest BCUT2D eigenvalue weighted by atomic mass is 19.1. The summed E-state index contributed by atoms with van der Waals surface area (Å²) in [6, 6.07) is 16.0. The van der Waals surface area contributed by atoms with Crippen LogP contribution in [-0.2, 0) is 13.1 Å². The molecule has 1 aromatic heterocycles. The Morgan fingerprint density at radius 3 is 2.41 bits per heavy atom. The number of fused-ring (bicyclic) bond motifs is 1. The van der Waals surface area contributed by atoms with Crippen LogP contribution in [0.4, 0.5) is 8.78 Å². The fourth-order valence-corrected chi connectivity index (χ4v) is 3.86. The van der Waals surface area contributed by atoms with Crippen LogP contribution in [0, 0.1) is 11.6 Å². The van der Waals surface area contributed by atoms with Crippen molar-refractivity contribution in [3.8, 4) is 5.75 Å². The van der Waals surface area contributed by atoms with E-state index in [4.69, 9.17) is 4.74 Å². The van der Waals surface area contributed by atoms with Gasteiger partial charge in [0.15, 0.2) is 0 Å². The van der Waals surface area contributed by atoms with Crippen molar-refractivity contribution in [3.05, 3.63) is 89.2 Å². The molecule has 140 valence electrons. The molecule has 1 aliphatic rings. The van der Waals surface area contributed by atoms with Crippen LogP contribution in [0.1, 0.15) is 29.3 Å². The lowest BCUT2D eigenvalue weighted by Gasteiger charge is -2.31. The first-order chi connectivity index (χ1) is 13.2. The minimum atomic E-state index is -0.497. The summed E-state index contributed by atoms with van der Waals surface area (Å²) < 4.78 is 36.1. The average Bonchev–Trinajstić information content (AvgIpc) is 3.06.